The smallest absolute Gasteiger partial charge is 0.211 e. The van der Waals surface area contributed by atoms with Gasteiger partial charge in [0, 0.05) is 29.1 Å². The van der Waals surface area contributed by atoms with Gasteiger partial charge in [-0.3, -0.25) is 0 Å². The summed E-state index contributed by atoms with van der Waals surface area (Å²) in [6, 6.07) is 6.10. The minimum Gasteiger partial charge on any atom is -0.338 e. The first kappa shape index (κ1) is 15.4. The van der Waals surface area contributed by atoms with E-state index in [9.17, 15) is 0 Å². The van der Waals surface area contributed by atoms with Gasteiger partial charge in [-0.25, -0.2) is 4.98 Å². The fourth-order valence-electron chi connectivity index (χ4n) is 3.04. The van der Waals surface area contributed by atoms with Gasteiger partial charge < -0.3 is 9.88 Å². The number of piperidine rings is 1. The van der Waals surface area contributed by atoms with Crippen LogP contribution in [0.5, 0.6) is 0 Å². The number of aromatic amines is 1. The monoisotopic (exact) mass is 393 g/mol. The number of hydrogen-bond acceptors (Lipinski definition) is 5. The van der Waals surface area contributed by atoms with Gasteiger partial charge in [0.2, 0.25) is 5.16 Å². The third-order valence-electron chi connectivity index (χ3n) is 4.24. The molecule has 0 radical (unpaired) electrons. The molecule has 7 heteroatoms. The first-order valence-electron chi connectivity index (χ1n) is 7.96. The SMILES string of the molecule is Brc1ccc2[nH]c3nc(SCCN4CCCCC4)nnc3c2c1.[HH]. The predicted molar refractivity (Wildman–Crippen MR) is 100 cm³/mol. The Labute approximate surface area is 148 Å². The van der Waals surface area contributed by atoms with Crippen LogP contribution in [0.1, 0.15) is 20.7 Å². The van der Waals surface area contributed by atoms with E-state index < -0.39 is 0 Å². The Bertz CT molecular complexity index is 834. The van der Waals surface area contributed by atoms with E-state index in [4.69, 9.17) is 0 Å². The number of rotatable bonds is 4. The van der Waals surface area contributed by atoms with E-state index in [-0.39, 0.29) is 1.43 Å². The molecule has 1 aliphatic rings. The molecule has 1 fully saturated rings. The maximum absolute atomic E-state index is 4.62. The zero-order valence-electron chi connectivity index (χ0n) is 12.8. The number of H-pyrrole nitrogens is 1. The number of thioether (sulfide) groups is 1. The summed E-state index contributed by atoms with van der Waals surface area (Å²) >= 11 is 5.18. The number of aromatic nitrogens is 4. The molecule has 0 bridgehead atoms. The highest BCUT2D eigenvalue weighted by Crippen LogP contribution is 2.26. The van der Waals surface area contributed by atoms with E-state index in [0.29, 0.717) is 0 Å². The summed E-state index contributed by atoms with van der Waals surface area (Å²) in [7, 11) is 0. The van der Waals surface area contributed by atoms with Crippen molar-refractivity contribution < 1.29 is 1.43 Å². The van der Waals surface area contributed by atoms with Crippen molar-refractivity contribution in [2.45, 2.75) is 24.4 Å². The molecule has 122 valence electrons. The number of benzene rings is 1. The summed E-state index contributed by atoms with van der Waals surface area (Å²) in [5.74, 6) is 1.01. The Morgan fingerprint density at radius 3 is 2.96 bits per heavy atom. The van der Waals surface area contributed by atoms with Crippen LogP contribution in [-0.2, 0) is 0 Å². The second-order valence-electron chi connectivity index (χ2n) is 5.86. The predicted octanol–water partition coefficient (Wildman–Crippen LogP) is 4.09. The Balaban J connectivity index is 0.00000169. The van der Waals surface area contributed by atoms with Gasteiger partial charge in [-0.1, -0.05) is 34.1 Å². The molecule has 4 rings (SSSR count). The minimum absolute atomic E-state index is 0. The molecular weight excluding hydrogens is 374 g/mol. The summed E-state index contributed by atoms with van der Waals surface area (Å²) in [4.78, 5) is 10.5. The Hall–Kier alpha value is -1.18. The van der Waals surface area contributed by atoms with Crippen molar-refractivity contribution in [1.29, 1.82) is 0 Å². The number of nitrogens with one attached hydrogen (secondary N) is 1. The van der Waals surface area contributed by atoms with Crippen molar-refractivity contribution in [3.63, 3.8) is 0 Å². The van der Waals surface area contributed by atoms with E-state index in [1.165, 1.54) is 32.4 Å². The molecule has 0 saturated carbocycles. The van der Waals surface area contributed by atoms with Gasteiger partial charge in [0.25, 0.3) is 0 Å². The summed E-state index contributed by atoms with van der Waals surface area (Å²) in [6.45, 7) is 3.57. The first-order valence-corrected chi connectivity index (χ1v) is 9.74. The van der Waals surface area contributed by atoms with Crippen LogP contribution in [0.25, 0.3) is 22.1 Å². The molecule has 1 saturated heterocycles. The van der Waals surface area contributed by atoms with E-state index >= 15 is 0 Å². The molecule has 1 aromatic carbocycles. The van der Waals surface area contributed by atoms with Crippen molar-refractivity contribution in [1.82, 2.24) is 25.1 Å². The lowest BCUT2D eigenvalue weighted by molar-refractivity contribution is 0.242. The maximum Gasteiger partial charge on any atom is 0.211 e. The van der Waals surface area contributed by atoms with E-state index in [1.54, 1.807) is 11.8 Å². The van der Waals surface area contributed by atoms with Gasteiger partial charge in [0.15, 0.2) is 5.65 Å². The van der Waals surface area contributed by atoms with Crippen molar-refractivity contribution in [2.24, 2.45) is 0 Å². The lowest BCUT2D eigenvalue weighted by Gasteiger charge is -2.25. The highest BCUT2D eigenvalue weighted by molar-refractivity contribution is 9.10. The van der Waals surface area contributed by atoms with Gasteiger partial charge in [-0.05, 0) is 44.1 Å². The second kappa shape index (κ2) is 6.75. The average Bonchev–Trinajstić information content (AvgIpc) is 2.93. The highest BCUT2D eigenvalue weighted by Gasteiger charge is 2.12. The molecule has 0 aliphatic carbocycles. The Kier molecular flexibility index (Phi) is 4.50. The molecule has 2 aromatic heterocycles. The van der Waals surface area contributed by atoms with Crippen molar-refractivity contribution in [2.75, 3.05) is 25.4 Å². The van der Waals surface area contributed by atoms with E-state index in [1.807, 2.05) is 18.2 Å². The molecule has 0 spiro atoms. The van der Waals surface area contributed by atoms with Crippen LogP contribution in [0.3, 0.4) is 0 Å². The molecule has 3 aromatic rings. The number of hydrogen-bond donors (Lipinski definition) is 1. The third kappa shape index (κ3) is 3.36. The lowest BCUT2D eigenvalue weighted by atomic mass is 10.1. The van der Waals surface area contributed by atoms with Crippen LogP contribution in [-0.4, -0.2) is 50.5 Å². The normalized spacial score (nSPS) is 16.4. The van der Waals surface area contributed by atoms with Crippen LogP contribution < -0.4 is 0 Å². The minimum atomic E-state index is 0. The van der Waals surface area contributed by atoms with E-state index in [0.717, 1.165) is 44.0 Å². The van der Waals surface area contributed by atoms with Crippen molar-refractivity contribution in [3.8, 4) is 0 Å². The Morgan fingerprint density at radius 2 is 2.09 bits per heavy atom. The molecule has 1 N–H and O–H groups in total. The fourth-order valence-corrected chi connectivity index (χ4v) is 4.19. The number of halogens is 1. The van der Waals surface area contributed by atoms with Crippen LogP contribution in [0.15, 0.2) is 27.8 Å². The molecule has 0 amide bonds. The zero-order chi connectivity index (χ0) is 15.6. The molecule has 1 aliphatic heterocycles. The van der Waals surface area contributed by atoms with Gasteiger partial charge >= 0.3 is 0 Å². The van der Waals surface area contributed by atoms with Crippen LogP contribution in [0, 0.1) is 0 Å². The highest BCUT2D eigenvalue weighted by atomic mass is 79.9. The first-order chi connectivity index (χ1) is 11.3. The van der Waals surface area contributed by atoms with Gasteiger partial charge in [-0.2, -0.15) is 0 Å². The largest absolute Gasteiger partial charge is 0.338 e. The lowest BCUT2D eigenvalue weighted by Crippen LogP contribution is -2.31. The molecule has 0 atom stereocenters. The summed E-state index contributed by atoms with van der Waals surface area (Å²) in [5.41, 5.74) is 2.69. The number of likely N-dealkylation sites (tertiary alicyclic amines) is 1. The topological polar surface area (TPSA) is 57.7 Å². The summed E-state index contributed by atoms with van der Waals surface area (Å²) in [5, 5.41) is 10.5. The molecular formula is C16H20BrN5S. The molecule has 5 nitrogen and oxygen atoms in total. The fraction of sp³-hybridized carbons (Fsp3) is 0.438. The second-order valence-corrected chi connectivity index (χ2v) is 7.84. The van der Waals surface area contributed by atoms with Crippen LogP contribution in [0.4, 0.5) is 0 Å². The van der Waals surface area contributed by atoms with Crippen molar-refractivity contribution >= 4 is 49.8 Å². The van der Waals surface area contributed by atoms with Crippen LogP contribution >= 0.6 is 27.7 Å². The van der Waals surface area contributed by atoms with Gasteiger partial charge in [0.1, 0.15) is 5.52 Å². The quantitative estimate of drug-likeness (QED) is 0.676. The summed E-state index contributed by atoms with van der Waals surface area (Å²) < 4.78 is 1.03. The van der Waals surface area contributed by atoms with Gasteiger partial charge in [0.05, 0.1) is 0 Å². The standard InChI is InChI=1S/C16H18BrN5S.H2/c17-11-4-5-13-12(10-11)14-15(18-13)19-16(21-20-14)23-9-8-22-6-2-1-3-7-22;/h4-5,10H,1-3,6-9H2,(H,18,19,21);1H. The maximum atomic E-state index is 4.62. The van der Waals surface area contributed by atoms with Gasteiger partial charge in [-0.15, -0.1) is 10.2 Å². The third-order valence-corrected chi connectivity index (χ3v) is 5.56. The summed E-state index contributed by atoms with van der Waals surface area (Å²) in [6.07, 6.45) is 4.04. The molecule has 0 unspecified atom stereocenters. The van der Waals surface area contributed by atoms with Crippen LogP contribution in [0.2, 0.25) is 0 Å². The van der Waals surface area contributed by atoms with E-state index in [2.05, 4.69) is 41.0 Å². The average molecular weight is 394 g/mol. The van der Waals surface area contributed by atoms with Crippen molar-refractivity contribution in [3.05, 3.63) is 22.7 Å². The zero-order valence-corrected chi connectivity index (χ0v) is 15.2. The molecule has 3 heterocycles. The Morgan fingerprint density at radius 1 is 1.22 bits per heavy atom. The molecule has 23 heavy (non-hydrogen) atoms. The number of fused-ring (bicyclic) bond motifs is 3. The number of nitrogens with zero attached hydrogens (tertiary/aromatic N) is 4.